The lowest BCUT2D eigenvalue weighted by Gasteiger charge is -2.01. The summed E-state index contributed by atoms with van der Waals surface area (Å²) in [7, 11) is 1.74. The van der Waals surface area contributed by atoms with Crippen molar-refractivity contribution in [2.45, 2.75) is 13.8 Å². The summed E-state index contributed by atoms with van der Waals surface area (Å²) < 4.78 is 5.14. The Hall–Kier alpha value is -0.180. The van der Waals surface area contributed by atoms with Crippen LogP contribution >= 0.6 is 11.8 Å². The molecule has 0 aliphatic carbocycles. The summed E-state index contributed by atoms with van der Waals surface area (Å²) in [5.41, 5.74) is 0. The molecule has 0 N–H and O–H groups in total. The molecule has 0 aromatic heterocycles. The fourth-order valence-corrected chi connectivity index (χ4v) is 0.995. The Kier molecular flexibility index (Phi) is 5.83. The van der Waals surface area contributed by atoms with Gasteiger partial charge in [-0.25, -0.2) is 4.99 Å². The monoisotopic (exact) mass is 147 g/mol. The minimum Gasteiger partial charge on any atom is -0.473 e. The summed E-state index contributed by atoms with van der Waals surface area (Å²) in [6.45, 7) is 4.75. The second-order valence-electron chi connectivity index (χ2n) is 1.36. The minimum absolute atomic E-state index is 0.708. The zero-order valence-corrected chi connectivity index (χ0v) is 6.99. The van der Waals surface area contributed by atoms with Crippen molar-refractivity contribution in [1.29, 1.82) is 0 Å². The van der Waals surface area contributed by atoms with E-state index in [1.165, 1.54) is 0 Å². The standard InChI is InChI=1S/C6H13NOS/c1-4-8-6(7-3)9-5-2/h4-5H2,1-3H3. The summed E-state index contributed by atoms with van der Waals surface area (Å²) in [4.78, 5) is 3.92. The van der Waals surface area contributed by atoms with Crippen molar-refractivity contribution < 1.29 is 4.74 Å². The van der Waals surface area contributed by atoms with E-state index in [1.807, 2.05) is 6.92 Å². The molecule has 0 rings (SSSR count). The van der Waals surface area contributed by atoms with Gasteiger partial charge in [0.05, 0.1) is 6.61 Å². The van der Waals surface area contributed by atoms with Crippen LogP contribution in [0.3, 0.4) is 0 Å². The summed E-state index contributed by atoms with van der Waals surface area (Å²) in [5, 5.41) is 0.792. The van der Waals surface area contributed by atoms with Crippen LogP contribution in [0.15, 0.2) is 4.99 Å². The van der Waals surface area contributed by atoms with E-state index in [0.29, 0.717) is 6.61 Å². The number of aliphatic imine (C=N–C) groups is 1. The average molecular weight is 147 g/mol. The fourth-order valence-electron chi connectivity index (χ4n) is 0.418. The van der Waals surface area contributed by atoms with E-state index in [2.05, 4.69) is 11.9 Å². The summed E-state index contributed by atoms with van der Waals surface area (Å²) in [6.07, 6.45) is 0. The van der Waals surface area contributed by atoms with Gasteiger partial charge in [0, 0.05) is 7.05 Å². The molecule has 0 heterocycles. The maximum absolute atomic E-state index is 5.14. The molecule has 0 amide bonds. The van der Waals surface area contributed by atoms with Crippen molar-refractivity contribution in [2.75, 3.05) is 19.4 Å². The van der Waals surface area contributed by atoms with Gasteiger partial charge in [-0.3, -0.25) is 0 Å². The van der Waals surface area contributed by atoms with Gasteiger partial charge in [-0.15, -0.1) is 0 Å². The molecule has 0 bridgehead atoms. The largest absolute Gasteiger partial charge is 0.473 e. The first kappa shape index (κ1) is 8.82. The molecule has 0 fully saturated rings. The van der Waals surface area contributed by atoms with Crippen LogP contribution in [0.2, 0.25) is 0 Å². The van der Waals surface area contributed by atoms with Gasteiger partial charge in [-0.05, 0) is 12.7 Å². The number of rotatable bonds is 2. The number of hydrogen-bond donors (Lipinski definition) is 0. The van der Waals surface area contributed by atoms with Gasteiger partial charge in [0.2, 0.25) is 5.23 Å². The quantitative estimate of drug-likeness (QED) is 0.438. The second kappa shape index (κ2) is 5.95. The Bertz CT molecular complexity index is 85.1. The Morgan fingerprint density at radius 2 is 2.22 bits per heavy atom. The molecule has 0 radical (unpaired) electrons. The van der Waals surface area contributed by atoms with E-state index in [1.54, 1.807) is 18.8 Å². The van der Waals surface area contributed by atoms with E-state index in [0.717, 1.165) is 11.0 Å². The third-order valence-electron chi connectivity index (χ3n) is 0.718. The zero-order valence-electron chi connectivity index (χ0n) is 6.18. The van der Waals surface area contributed by atoms with Gasteiger partial charge < -0.3 is 4.74 Å². The van der Waals surface area contributed by atoms with Gasteiger partial charge in [0.15, 0.2) is 0 Å². The highest BCUT2D eigenvalue weighted by atomic mass is 32.2. The molecule has 0 aliphatic rings. The van der Waals surface area contributed by atoms with Crippen LogP contribution in [0.4, 0.5) is 0 Å². The van der Waals surface area contributed by atoms with Crippen LogP contribution in [0.5, 0.6) is 0 Å². The third kappa shape index (κ3) is 4.33. The maximum atomic E-state index is 5.14. The minimum atomic E-state index is 0.708. The molecular formula is C6H13NOS. The first-order valence-electron chi connectivity index (χ1n) is 3.07. The fraction of sp³-hybridized carbons (Fsp3) is 0.833. The van der Waals surface area contributed by atoms with Crippen LogP contribution < -0.4 is 0 Å². The van der Waals surface area contributed by atoms with Crippen molar-refractivity contribution >= 4 is 17.0 Å². The highest BCUT2D eigenvalue weighted by Gasteiger charge is 1.93. The lowest BCUT2D eigenvalue weighted by molar-refractivity contribution is 0.337. The van der Waals surface area contributed by atoms with Crippen molar-refractivity contribution in [3.8, 4) is 0 Å². The summed E-state index contributed by atoms with van der Waals surface area (Å²) >= 11 is 1.63. The molecule has 0 atom stereocenters. The average Bonchev–Trinajstić information content (AvgIpc) is 1.88. The van der Waals surface area contributed by atoms with Crippen LogP contribution in [-0.2, 0) is 4.74 Å². The van der Waals surface area contributed by atoms with E-state index < -0.39 is 0 Å². The molecule has 0 unspecified atom stereocenters. The first-order valence-corrected chi connectivity index (χ1v) is 4.06. The maximum Gasteiger partial charge on any atom is 0.245 e. The van der Waals surface area contributed by atoms with E-state index in [9.17, 15) is 0 Å². The molecule has 0 aliphatic heterocycles. The molecular weight excluding hydrogens is 134 g/mol. The van der Waals surface area contributed by atoms with E-state index in [4.69, 9.17) is 4.74 Å². The number of nitrogens with zero attached hydrogens (tertiary/aromatic N) is 1. The van der Waals surface area contributed by atoms with Crippen molar-refractivity contribution in [3.05, 3.63) is 0 Å². The second-order valence-corrected chi connectivity index (χ2v) is 2.57. The lowest BCUT2D eigenvalue weighted by Crippen LogP contribution is -1.99. The van der Waals surface area contributed by atoms with Crippen molar-refractivity contribution in [1.82, 2.24) is 0 Å². The molecule has 9 heavy (non-hydrogen) atoms. The van der Waals surface area contributed by atoms with Gasteiger partial charge in [-0.1, -0.05) is 18.7 Å². The predicted molar refractivity (Wildman–Crippen MR) is 43.1 cm³/mol. The van der Waals surface area contributed by atoms with Crippen molar-refractivity contribution in [3.63, 3.8) is 0 Å². The molecule has 54 valence electrons. The van der Waals surface area contributed by atoms with Gasteiger partial charge in [-0.2, -0.15) is 0 Å². The molecule has 0 saturated heterocycles. The molecule has 0 aromatic carbocycles. The lowest BCUT2D eigenvalue weighted by atomic mass is 10.9. The predicted octanol–water partition coefficient (Wildman–Crippen LogP) is 1.76. The van der Waals surface area contributed by atoms with E-state index >= 15 is 0 Å². The third-order valence-corrected chi connectivity index (χ3v) is 1.55. The smallest absolute Gasteiger partial charge is 0.245 e. The Morgan fingerprint density at radius 3 is 2.56 bits per heavy atom. The normalized spacial score (nSPS) is 11.7. The Labute approximate surface area is 60.7 Å². The van der Waals surface area contributed by atoms with E-state index in [-0.39, 0.29) is 0 Å². The SMILES string of the molecule is CCOC(=NC)SCC. The van der Waals surface area contributed by atoms with Crippen molar-refractivity contribution in [2.24, 2.45) is 4.99 Å². The zero-order chi connectivity index (χ0) is 7.11. The molecule has 0 saturated carbocycles. The number of ether oxygens (including phenoxy) is 1. The Balaban J connectivity index is 3.43. The van der Waals surface area contributed by atoms with Crippen LogP contribution in [-0.4, -0.2) is 24.6 Å². The topological polar surface area (TPSA) is 21.6 Å². The van der Waals surface area contributed by atoms with Gasteiger partial charge >= 0.3 is 0 Å². The Morgan fingerprint density at radius 1 is 1.56 bits per heavy atom. The molecule has 3 heteroatoms. The van der Waals surface area contributed by atoms with Crippen LogP contribution in [0.1, 0.15) is 13.8 Å². The molecule has 0 aromatic rings. The first-order chi connectivity index (χ1) is 4.35. The summed E-state index contributed by atoms with van der Waals surface area (Å²) in [5.74, 6) is 1.02. The van der Waals surface area contributed by atoms with Crippen LogP contribution in [0, 0.1) is 0 Å². The van der Waals surface area contributed by atoms with Gasteiger partial charge in [0.25, 0.3) is 0 Å². The summed E-state index contributed by atoms with van der Waals surface area (Å²) in [6, 6.07) is 0. The van der Waals surface area contributed by atoms with Gasteiger partial charge in [0.1, 0.15) is 0 Å². The highest BCUT2D eigenvalue weighted by molar-refractivity contribution is 8.13. The number of thioether (sulfide) groups is 1. The molecule has 0 spiro atoms. The molecule has 2 nitrogen and oxygen atoms in total. The number of hydrogen-bond acceptors (Lipinski definition) is 3. The van der Waals surface area contributed by atoms with Crippen LogP contribution in [0.25, 0.3) is 0 Å². The highest BCUT2D eigenvalue weighted by Crippen LogP contribution is 2.03.